The number of nitrogens with two attached hydrogens (primary N) is 1. The van der Waals surface area contributed by atoms with Gasteiger partial charge < -0.3 is 15.7 Å². The Morgan fingerprint density at radius 3 is 2.19 bits per heavy atom. The first-order valence-corrected chi connectivity index (χ1v) is 7.07. The zero-order chi connectivity index (χ0) is 14.5. The Labute approximate surface area is 130 Å². The van der Waals surface area contributed by atoms with E-state index in [0.29, 0.717) is 18.7 Å². The van der Waals surface area contributed by atoms with Crippen LogP contribution in [-0.2, 0) is 4.79 Å². The summed E-state index contributed by atoms with van der Waals surface area (Å²) in [7, 11) is 0. The molecule has 6 heteroatoms. The van der Waals surface area contributed by atoms with Gasteiger partial charge in [0.25, 0.3) is 0 Å². The van der Waals surface area contributed by atoms with Gasteiger partial charge in [0.05, 0.1) is 0 Å². The second kappa shape index (κ2) is 8.32. The van der Waals surface area contributed by atoms with Crippen molar-refractivity contribution >= 4 is 18.3 Å². The van der Waals surface area contributed by atoms with Gasteiger partial charge in [0.1, 0.15) is 18.0 Å². The molecule has 2 rings (SSSR count). The molecule has 0 unspecified atom stereocenters. The van der Waals surface area contributed by atoms with Crippen molar-refractivity contribution in [1.82, 2.24) is 4.90 Å². The van der Waals surface area contributed by atoms with Crippen molar-refractivity contribution in [1.29, 1.82) is 0 Å². The molecule has 1 aromatic carbocycles. The van der Waals surface area contributed by atoms with Gasteiger partial charge in [0.2, 0.25) is 5.91 Å². The number of carbonyl (C=O) groups is 1. The summed E-state index contributed by atoms with van der Waals surface area (Å²) in [5.74, 6) is -0.614. The first-order valence-electron chi connectivity index (χ1n) is 7.07. The van der Waals surface area contributed by atoms with E-state index in [1.54, 1.807) is 4.90 Å². The molecule has 0 aromatic heterocycles. The fourth-order valence-corrected chi connectivity index (χ4v) is 2.50. The molecule has 2 atom stereocenters. The Morgan fingerprint density at radius 2 is 1.67 bits per heavy atom. The second-order valence-electron chi connectivity index (χ2n) is 5.26. The Kier molecular flexibility index (Phi) is 7.08. The molecular weight excluding hydrogens is 295 g/mol. The minimum atomic E-state index is -1.11. The summed E-state index contributed by atoms with van der Waals surface area (Å²) < 4.78 is 12.9. The normalized spacial score (nSPS) is 18.3. The van der Waals surface area contributed by atoms with E-state index in [4.69, 9.17) is 5.73 Å². The molecule has 21 heavy (non-hydrogen) atoms. The lowest BCUT2D eigenvalue weighted by Gasteiger charge is -2.26. The lowest BCUT2D eigenvalue weighted by Crippen LogP contribution is -2.47. The Morgan fingerprint density at radius 1 is 1.14 bits per heavy atom. The maximum absolute atomic E-state index is 12.9. The first-order chi connectivity index (χ1) is 9.59. The third-order valence-corrected chi connectivity index (χ3v) is 3.75. The molecular formula is C15H22ClFN2O2. The largest absolute Gasteiger partial charge is 0.386 e. The van der Waals surface area contributed by atoms with Crippen molar-refractivity contribution in [3.05, 3.63) is 35.6 Å². The highest BCUT2D eigenvalue weighted by molar-refractivity contribution is 5.85. The van der Waals surface area contributed by atoms with Crippen molar-refractivity contribution in [3.63, 3.8) is 0 Å². The van der Waals surface area contributed by atoms with Crippen molar-refractivity contribution in [2.24, 2.45) is 5.73 Å². The van der Waals surface area contributed by atoms with Crippen molar-refractivity contribution in [2.45, 2.75) is 37.8 Å². The van der Waals surface area contributed by atoms with E-state index >= 15 is 0 Å². The predicted molar refractivity (Wildman–Crippen MR) is 81.6 cm³/mol. The number of hydrogen-bond donors (Lipinski definition) is 2. The first kappa shape index (κ1) is 17.9. The highest BCUT2D eigenvalue weighted by Gasteiger charge is 2.28. The van der Waals surface area contributed by atoms with Gasteiger partial charge in [0.15, 0.2) is 0 Å². The number of aliphatic hydroxyl groups is 1. The van der Waals surface area contributed by atoms with Gasteiger partial charge in [-0.3, -0.25) is 4.79 Å². The standard InChI is InChI=1S/C15H21FN2O2.ClH/c16-12-7-5-11(6-8-12)14(19)13(17)15(20)18-9-3-1-2-4-10-18;/h5-8,13-14,19H,1-4,9-10,17H2;1H/t13-,14+;/m1./s1. The molecule has 4 nitrogen and oxygen atoms in total. The van der Waals surface area contributed by atoms with Gasteiger partial charge >= 0.3 is 0 Å². The van der Waals surface area contributed by atoms with Crippen molar-refractivity contribution in [2.75, 3.05) is 13.1 Å². The molecule has 0 radical (unpaired) electrons. The molecule has 118 valence electrons. The fraction of sp³-hybridized carbons (Fsp3) is 0.533. The van der Waals surface area contributed by atoms with Gasteiger partial charge in [-0.15, -0.1) is 12.4 Å². The summed E-state index contributed by atoms with van der Waals surface area (Å²) in [6.07, 6.45) is 3.10. The third kappa shape index (κ3) is 4.66. The maximum atomic E-state index is 12.9. The fourth-order valence-electron chi connectivity index (χ4n) is 2.50. The molecule has 1 aliphatic heterocycles. The van der Waals surface area contributed by atoms with Crippen molar-refractivity contribution < 1.29 is 14.3 Å². The lowest BCUT2D eigenvalue weighted by molar-refractivity contribution is -0.135. The molecule has 1 fully saturated rings. The maximum Gasteiger partial charge on any atom is 0.242 e. The molecule has 1 heterocycles. The highest BCUT2D eigenvalue weighted by atomic mass is 35.5. The molecule has 1 saturated heterocycles. The molecule has 3 N–H and O–H groups in total. The monoisotopic (exact) mass is 316 g/mol. The number of halogens is 2. The summed E-state index contributed by atoms with van der Waals surface area (Å²) in [6, 6.07) is 4.41. The Balaban J connectivity index is 0.00000220. The average Bonchev–Trinajstić information content (AvgIpc) is 2.75. The molecule has 1 aliphatic rings. The number of benzene rings is 1. The van der Waals surface area contributed by atoms with Gasteiger partial charge in [0, 0.05) is 13.1 Å². The number of likely N-dealkylation sites (tertiary alicyclic amines) is 1. The van der Waals surface area contributed by atoms with E-state index in [9.17, 15) is 14.3 Å². The number of nitrogens with zero attached hydrogens (tertiary/aromatic N) is 1. The highest BCUT2D eigenvalue weighted by Crippen LogP contribution is 2.19. The number of rotatable bonds is 3. The van der Waals surface area contributed by atoms with Gasteiger partial charge in [-0.1, -0.05) is 25.0 Å². The van der Waals surface area contributed by atoms with Crippen LogP contribution in [-0.4, -0.2) is 35.0 Å². The summed E-state index contributed by atoms with van der Waals surface area (Å²) >= 11 is 0. The Hall–Kier alpha value is -1.17. The predicted octanol–water partition coefficient (Wildman–Crippen LogP) is 2.01. The molecule has 0 spiro atoms. The van der Waals surface area contributed by atoms with E-state index in [2.05, 4.69) is 0 Å². The molecule has 0 saturated carbocycles. The van der Waals surface area contributed by atoms with Crippen LogP contribution in [0.2, 0.25) is 0 Å². The van der Waals surface area contributed by atoms with E-state index in [1.165, 1.54) is 24.3 Å². The molecule has 1 amide bonds. The van der Waals surface area contributed by atoms with E-state index in [1.807, 2.05) is 0 Å². The van der Waals surface area contributed by atoms with Crippen LogP contribution < -0.4 is 5.73 Å². The summed E-state index contributed by atoms with van der Waals surface area (Å²) in [4.78, 5) is 14.0. The Bertz CT molecular complexity index is 447. The average molecular weight is 317 g/mol. The summed E-state index contributed by atoms with van der Waals surface area (Å²) in [5.41, 5.74) is 6.34. The SMILES string of the molecule is Cl.N[C@@H](C(=O)N1CCCCCC1)[C@@H](O)c1ccc(F)cc1. The van der Waals surface area contributed by atoms with Crippen molar-refractivity contribution in [3.8, 4) is 0 Å². The van der Waals surface area contributed by atoms with Crippen LogP contribution in [0.5, 0.6) is 0 Å². The van der Waals surface area contributed by atoms with Crippen LogP contribution in [0, 0.1) is 5.82 Å². The quantitative estimate of drug-likeness (QED) is 0.896. The molecule has 1 aromatic rings. The van der Waals surface area contributed by atoms with Crippen LogP contribution in [0.4, 0.5) is 4.39 Å². The summed E-state index contributed by atoms with van der Waals surface area (Å²) in [6.45, 7) is 1.39. The van der Waals surface area contributed by atoms with Crippen LogP contribution in [0.3, 0.4) is 0 Å². The number of amides is 1. The van der Waals surface area contributed by atoms with E-state index < -0.39 is 12.1 Å². The smallest absolute Gasteiger partial charge is 0.242 e. The van der Waals surface area contributed by atoms with Gasteiger partial charge in [-0.05, 0) is 30.5 Å². The van der Waals surface area contributed by atoms with Crippen LogP contribution in [0.25, 0.3) is 0 Å². The minimum Gasteiger partial charge on any atom is -0.386 e. The van der Waals surface area contributed by atoms with Crippen LogP contribution in [0.15, 0.2) is 24.3 Å². The second-order valence-corrected chi connectivity index (χ2v) is 5.26. The van der Waals surface area contributed by atoms with Gasteiger partial charge in [-0.2, -0.15) is 0 Å². The lowest BCUT2D eigenvalue weighted by atomic mass is 10.0. The zero-order valence-electron chi connectivity index (χ0n) is 11.9. The molecule has 0 bridgehead atoms. The summed E-state index contributed by atoms with van der Waals surface area (Å²) in [5, 5.41) is 10.2. The zero-order valence-corrected chi connectivity index (χ0v) is 12.7. The number of aliphatic hydroxyl groups excluding tert-OH is 1. The van der Waals surface area contributed by atoms with E-state index in [-0.39, 0.29) is 24.1 Å². The number of hydrogen-bond acceptors (Lipinski definition) is 3. The topological polar surface area (TPSA) is 66.6 Å². The molecule has 0 aliphatic carbocycles. The van der Waals surface area contributed by atoms with Crippen LogP contribution >= 0.6 is 12.4 Å². The number of carbonyl (C=O) groups excluding carboxylic acids is 1. The van der Waals surface area contributed by atoms with Gasteiger partial charge in [-0.25, -0.2) is 4.39 Å². The third-order valence-electron chi connectivity index (χ3n) is 3.75. The van der Waals surface area contributed by atoms with E-state index in [0.717, 1.165) is 25.7 Å². The minimum absolute atomic E-state index is 0. The van der Waals surface area contributed by atoms with Crippen LogP contribution in [0.1, 0.15) is 37.4 Å².